The third-order valence-electron chi connectivity index (χ3n) is 3.24. The molecule has 1 aromatic rings. The Morgan fingerprint density at radius 2 is 2.32 bits per heavy atom. The average Bonchev–Trinajstić information content (AvgIpc) is 3.06. The molecular weight excluding hydrogens is 284 g/mol. The fraction of sp³-hybridized carbons (Fsp3) is 0.667. The predicted octanol–water partition coefficient (Wildman–Crippen LogP) is 1.52. The topological polar surface area (TPSA) is 62.6 Å². The lowest BCUT2D eigenvalue weighted by Crippen LogP contribution is -2.36. The van der Waals surface area contributed by atoms with Crippen LogP contribution < -0.4 is 5.32 Å². The minimum atomic E-state index is -3.50. The molecule has 7 heteroatoms. The fourth-order valence-corrected chi connectivity index (χ4v) is 4.66. The van der Waals surface area contributed by atoms with Crippen molar-refractivity contribution >= 4 is 21.8 Å². The van der Waals surface area contributed by atoms with Crippen LogP contribution in [0.15, 0.2) is 21.6 Å². The minimum Gasteiger partial charge on any atom is -0.447 e. The Labute approximate surface area is 118 Å². The standard InChI is InChI=1S/C12H20N2O3S2/c1-3-13-8-11-4-5-12(17-11)19(15,16)14(2)10-6-7-18-9-10/h4-5,10,13H,3,6-9H2,1-2H3. The van der Waals surface area contributed by atoms with Gasteiger partial charge in [0.15, 0.2) is 0 Å². The van der Waals surface area contributed by atoms with Crippen molar-refractivity contribution < 1.29 is 12.8 Å². The van der Waals surface area contributed by atoms with Crippen molar-refractivity contribution in [3.05, 3.63) is 17.9 Å². The first kappa shape index (κ1) is 14.9. The van der Waals surface area contributed by atoms with Gasteiger partial charge >= 0.3 is 0 Å². The second-order valence-electron chi connectivity index (χ2n) is 4.54. The maximum Gasteiger partial charge on any atom is 0.276 e. The zero-order chi connectivity index (χ0) is 13.9. The molecule has 108 valence electrons. The Kier molecular flexibility index (Phi) is 4.94. The molecule has 1 fully saturated rings. The fourth-order valence-electron chi connectivity index (χ4n) is 1.99. The highest BCUT2D eigenvalue weighted by Crippen LogP contribution is 2.26. The first-order valence-electron chi connectivity index (χ1n) is 6.41. The van der Waals surface area contributed by atoms with E-state index in [0.29, 0.717) is 12.3 Å². The van der Waals surface area contributed by atoms with Crippen LogP contribution in [0.4, 0.5) is 0 Å². The van der Waals surface area contributed by atoms with Crippen LogP contribution in [0.1, 0.15) is 19.1 Å². The number of furan rings is 1. The summed E-state index contributed by atoms with van der Waals surface area (Å²) in [5.41, 5.74) is 0. The second kappa shape index (κ2) is 6.30. The molecule has 0 radical (unpaired) electrons. The summed E-state index contributed by atoms with van der Waals surface area (Å²) in [6.07, 6.45) is 0.908. The molecule has 0 saturated carbocycles. The van der Waals surface area contributed by atoms with Gasteiger partial charge in [0.1, 0.15) is 5.76 Å². The van der Waals surface area contributed by atoms with Gasteiger partial charge in [-0.25, -0.2) is 8.42 Å². The van der Waals surface area contributed by atoms with Crippen molar-refractivity contribution in [2.24, 2.45) is 0 Å². The van der Waals surface area contributed by atoms with Gasteiger partial charge in [0.05, 0.1) is 6.54 Å². The molecule has 2 rings (SSSR count). The summed E-state index contributed by atoms with van der Waals surface area (Å²) < 4.78 is 31.7. The van der Waals surface area contributed by atoms with Crippen LogP contribution in [0.2, 0.25) is 0 Å². The van der Waals surface area contributed by atoms with Crippen LogP contribution in [0.25, 0.3) is 0 Å². The van der Waals surface area contributed by atoms with Gasteiger partial charge in [-0.2, -0.15) is 16.1 Å². The Balaban J connectivity index is 2.12. The van der Waals surface area contributed by atoms with Crippen LogP contribution in [-0.2, 0) is 16.6 Å². The Morgan fingerprint density at radius 1 is 1.53 bits per heavy atom. The van der Waals surface area contributed by atoms with Crippen molar-refractivity contribution in [2.75, 3.05) is 25.1 Å². The zero-order valence-electron chi connectivity index (χ0n) is 11.3. The minimum absolute atomic E-state index is 0.0415. The molecule has 0 bridgehead atoms. The van der Waals surface area contributed by atoms with E-state index in [9.17, 15) is 8.42 Å². The summed E-state index contributed by atoms with van der Waals surface area (Å²) in [6.45, 7) is 3.36. The van der Waals surface area contributed by atoms with Crippen molar-refractivity contribution in [2.45, 2.75) is 31.0 Å². The van der Waals surface area contributed by atoms with Gasteiger partial charge in [0.2, 0.25) is 5.09 Å². The molecule has 0 amide bonds. The third-order valence-corrected chi connectivity index (χ3v) is 6.17. The van der Waals surface area contributed by atoms with E-state index in [2.05, 4.69) is 5.32 Å². The van der Waals surface area contributed by atoms with Crippen molar-refractivity contribution in [3.63, 3.8) is 0 Å². The molecule has 19 heavy (non-hydrogen) atoms. The molecule has 0 spiro atoms. The van der Waals surface area contributed by atoms with Crippen LogP contribution in [0.5, 0.6) is 0 Å². The zero-order valence-corrected chi connectivity index (χ0v) is 12.9. The maximum atomic E-state index is 12.4. The van der Waals surface area contributed by atoms with Crippen molar-refractivity contribution in [1.29, 1.82) is 0 Å². The lowest BCUT2D eigenvalue weighted by Gasteiger charge is -2.21. The molecule has 1 saturated heterocycles. The molecule has 1 N–H and O–H groups in total. The summed E-state index contributed by atoms with van der Waals surface area (Å²) in [7, 11) is -1.86. The number of rotatable bonds is 6. The summed E-state index contributed by atoms with van der Waals surface area (Å²) in [6, 6.07) is 3.34. The average molecular weight is 304 g/mol. The number of sulfonamides is 1. The number of thioether (sulfide) groups is 1. The van der Waals surface area contributed by atoms with Crippen LogP contribution >= 0.6 is 11.8 Å². The molecule has 1 unspecified atom stereocenters. The van der Waals surface area contributed by atoms with Crippen LogP contribution in [0, 0.1) is 0 Å². The van der Waals surface area contributed by atoms with Crippen molar-refractivity contribution in [3.8, 4) is 0 Å². The molecular formula is C12H20N2O3S2. The molecule has 1 atom stereocenters. The van der Waals surface area contributed by atoms with E-state index in [1.54, 1.807) is 30.9 Å². The molecule has 2 heterocycles. The van der Waals surface area contributed by atoms with E-state index in [-0.39, 0.29) is 11.1 Å². The van der Waals surface area contributed by atoms with E-state index in [1.807, 2.05) is 6.92 Å². The van der Waals surface area contributed by atoms with Gasteiger partial charge in [0.25, 0.3) is 10.0 Å². The largest absolute Gasteiger partial charge is 0.447 e. The Morgan fingerprint density at radius 3 is 2.95 bits per heavy atom. The molecule has 0 aromatic carbocycles. The van der Waals surface area contributed by atoms with Gasteiger partial charge in [0, 0.05) is 18.8 Å². The van der Waals surface area contributed by atoms with E-state index in [0.717, 1.165) is 24.5 Å². The van der Waals surface area contributed by atoms with E-state index in [1.165, 1.54) is 4.31 Å². The highest BCUT2D eigenvalue weighted by atomic mass is 32.2. The molecule has 0 aliphatic carbocycles. The third kappa shape index (κ3) is 3.34. The lowest BCUT2D eigenvalue weighted by molar-refractivity contribution is 0.355. The normalized spacial score (nSPS) is 20.3. The molecule has 1 aliphatic heterocycles. The molecule has 1 aliphatic rings. The summed E-state index contributed by atoms with van der Waals surface area (Å²) in [5.74, 6) is 2.53. The maximum absolute atomic E-state index is 12.4. The van der Waals surface area contributed by atoms with Gasteiger partial charge in [-0.05, 0) is 30.9 Å². The number of hydrogen-bond donors (Lipinski definition) is 1. The first-order valence-corrected chi connectivity index (χ1v) is 9.00. The highest BCUT2D eigenvalue weighted by Gasteiger charge is 2.32. The van der Waals surface area contributed by atoms with Crippen LogP contribution in [0.3, 0.4) is 0 Å². The first-order chi connectivity index (χ1) is 9.05. The summed E-state index contributed by atoms with van der Waals surface area (Å²) in [4.78, 5) is 0. The van der Waals surface area contributed by atoms with Gasteiger partial charge in [-0.3, -0.25) is 0 Å². The Bertz CT molecular complexity index is 507. The monoisotopic (exact) mass is 304 g/mol. The lowest BCUT2D eigenvalue weighted by atomic mass is 10.3. The van der Waals surface area contributed by atoms with Gasteiger partial charge in [-0.1, -0.05) is 6.92 Å². The number of nitrogens with zero attached hydrogens (tertiary/aromatic N) is 1. The number of hydrogen-bond acceptors (Lipinski definition) is 5. The Hall–Kier alpha value is -0.500. The predicted molar refractivity (Wildman–Crippen MR) is 76.8 cm³/mol. The van der Waals surface area contributed by atoms with E-state index < -0.39 is 10.0 Å². The number of nitrogens with one attached hydrogen (secondary N) is 1. The smallest absolute Gasteiger partial charge is 0.276 e. The summed E-state index contributed by atoms with van der Waals surface area (Å²) in [5, 5.41) is 3.15. The van der Waals surface area contributed by atoms with Crippen molar-refractivity contribution in [1.82, 2.24) is 9.62 Å². The molecule has 5 nitrogen and oxygen atoms in total. The van der Waals surface area contributed by atoms with E-state index in [4.69, 9.17) is 4.42 Å². The van der Waals surface area contributed by atoms with E-state index >= 15 is 0 Å². The van der Waals surface area contributed by atoms with Gasteiger partial charge < -0.3 is 9.73 Å². The summed E-state index contributed by atoms with van der Waals surface area (Å²) >= 11 is 1.79. The molecule has 1 aromatic heterocycles. The van der Waals surface area contributed by atoms with Crippen LogP contribution in [-0.4, -0.2) is 43.9 Å². The highest BCUT2D eigenvalue weighted by molar-refractivity contribution is 7.99. The second-order valence-corrected chi connectivity index (χ2v) is 7.62. The SMILES string of the molecule is CCNCc1ccc(S(=O)(=O)N(C)C2CCSC2)o1. The van der Waals surface area contributed by atoms with Gasteiger partial charge in [-0.15, -0.1) is 0 Å². The quantitative estimate of drug-likeness (QED) is 0.863.